The molecule has 1 aliphatic carbocycles. The molecule has 4 heteroatoms. The van der Waals surface area contributed by atoms with E-state index in [2.05, 4.69) is 20.9 Å². The molecule has 0 aliphatic heterocycles. The Morgan fingerprint density at radius 3 is 2.43 bits per heavy atom. The highest BCUT2D eigenvalue weighted by atomic mass is 79.9. The summed E-state index contributed by atoms with van der Waals surface area (Å²) in [6.45, 7) is 1.83. The minimum absolute atomic E-state index is 0.0887. The molecule has 0 N–H and O–H groups in total. The second kappa shape index (κ2) is 2.99. The van der Waals surface area contributed by atoms with Gasteiger partial charge in [-0.2, -0.15) is 0 Å². The van der Waals surface area contributed by atoms with Gasteiger partial charge in [0.15, 0.2) is 0 Å². The Morgan fingerprint density at radius 1 is 1.36 bits per heavy atom. The van der Waals surface area contributed by atoms with Crippen molar-refractivity contribution in [3.63, 3.8) is 0 Å². The maximum absolute atomic E-state index is 12.8. The Balaban J connectivity index is 2.21. The van der Waals surface area contributed by atoms with Crippen LogP contribution in [0.4, 0.5) is 8.78 Å². The summed E-state index contributed by atoms with van der Waals surface area (Å²) in [4.78, 5) is 4.16. The third kappa shape index (κ3) is 1.67. The van der Waals surface area contributed by atoms with Gasteiger partial charge in [-0.1, -0.05) is 6.92 Å². The molecular formula is C10H10BrF2N. The zero-order valence-electron chi connectivity index (χ0n) is 7.73. The second-order valence-electron chi connectivity index (χ2n) is 4.13. The minimum atomic E-state index is -2.50. The van der Waals surface area contributed by atoms with Crippen molar-refractivity contribution in [3.8, 4) is 0 Å². The lowest BCUT2D eigenvalue weighted by Crippen LogP contribution is -2.47. The van der Waals surface area contributed by atoms with Gasteiger partial charge in [0.1, 0.15) is 0 Å². The highest BCUT2D eigenvalue weighted by molar-refractivity contribution is 9.10. The largest absolute Gasteiger partial charge is 0.260 e. The number of hydrogen-bond acceptors (Lipinski definition) is 1. The van der Waals surface area contributed by atoms with E-state index in [0.29, 0.717) is 0 Å². The summed E-state index contributed by atoms with van der Waals surface area (Å²) in [5.41, 5.74) is 0.316. The van der Waals surface area contributed by atoms with Gasteiger partial charge in [0.2, 0.25) is 5.92 Å². The normalized spacial score (nSPS) is 22.9. The third-order valence-electron chi connectivity index (χ3n) is 2.64. The molecule has 1 nitrogen and oxygen atoms in total. The highest BCUT2D eigenvalue weighted by Gasteiger charge is 2.55. The number of rotatable bonds is 1. The number of pyridine rings is 1. The first-order valence-electron chi connectivity index (χ1n) is 4.41. The molecule has 0 bridgehead atoms. The monoisotopic (exact) mass is 261 g/mol. The number of hydrogen-bond donors (Lipinski definition) is 0. The lowest BCUT2D eigenvalue weighted by atomic mass is 9.65. The summed E-state index contributed by atoms with van der Waals surface area (Å²) in [7, 11) is 0. The van der Waals surface area contributed by atoms with Crippen molar-refractivity contribution < 1.29 is 8.78 Å². The maximum Gasteiger partial charge on any atom is 0.250 e. The van der Waals surface area contributed by atoms with Crippen LogP contribution in [0.1, 0.15) is 25.5 Å². The topological polar surface area (TPSA) is 12.9 Å². The molecule has 1 fully saturated rings. The van der Waals surface area contributed by atoms with Gasteiger partial charge < -0.3 is 0 Å². The Kier molecular flexibility index (Phi) is 2.14. The van der Waals surface area contributed by atoms with E-state index in [0.717, 1.165) is 10.2 Å². The van der Waals surface area contributed by atoms with Crippen molar-refractivity contribution in [2.75, 3.05) is 0 Å². The first-order valence-corrected chi connectivity index (χ1v) is 5.21. The minimum Gasteiger partial charge on any atom is -0.260 e. The molecule has 1 aromatic rings. The summed E-state index contributed by atoms with van der Waals surface area (Å²) in [5, 5.41) is 0. The smallest absolute Gasteiger partial charge is 0.250 e. The molecule has 1 aromatic heterocycles. The molecule has 0 atom stereocenters. The lowest BCUT2D eigenvalue weighted by Gasteiger charge is -2.44. The van der Waals surface area contributed by atoms with E-state index < -0.39 is 11.3 Å². The molecule has 1 saturated carbocycles. The first-order chi connectivity index (χ1) is 6.41. The molecule has 76 valence electrons. The molecule has 1 heterocycles. The van der Waals surface area contributed by atoms with Gasteiger partial charge in [-0.05, 0) is 28.1 Å². The summed E-state index contributed by atoms with van der Waals surface area (Å²) in [6, 6.07) is 3.64. The zero-order valence-corrected chi connectivity index (χ0v) is 9.31. The summed E-state index contributed by atoms with van der Waals surface area (Å²) in [6.07, 6.45) is 1.47. The van der Waals surface area contributed by atoms with Crippen LogP contribution in [-0.4, -0.2) is 10.9 Å². The predicted octanol–water partition coefficient (Wildman–Crippen LogP) is 3.53. The third-order valence-corrected chi connectivity index (χ3v) is 3.11. The Bertz CT molecular complexity index is 340. The summed E-state index contributed by atoms with van der Waals surface area (Å²) < 4.78 is 26.4. The van der Waals surface area contributed by atoms with Gasteiger partial charge >= 0.3 is 0 Å². The van der Waals surface area contributed by atoms with Gasteiger partial charge in [0.05, 0.1) is 0 Å². The fourth-order valence-electron chi connectivity index (χ4n) is 2.00. The van der Waals surface area contributed by atoms with Crippen molar-refractivity contribution >= 4 is 15.9 Å². The van der Waals surface area contributed by atoms with Crippen LogP contribution in [0.3, 0.4) is 0 Å². The molecule has 14 heavy (non-hydrogen) atoms. The average molecular weight is 262 g/mol. The fourth-order valence-corrected chi connectivity index (χ4v) is 2.24. The van der Waals surface area contributed by atoms with Crippen LogP contribution in [0.2, 0.25) is 0 Å². The van der Waals surface area contributed by atoms with Crippen LogP contribution in [-0.2, 0) is 5.41 Å². The molecule has 0 unspecified atom stereocenters. The van der Waals surface area contributed by atoms with Crippen LogP contribution in [0.5, 0.6) is 0 Å². The van der Waals surface area contributed by atoms with Crippen LogP contribution in [0, 0.1) is 0 Å². The Morgan fingerprint density at radius 2 is 2.00 bits per heavy atom. The van der Waals surface area contributed by atoms with E-state index in [-0.39, 0.29) is 12.8 Å². The molecule has 0 aromatic carbocycles. The summed E-state index contributed by atoms with van der Waals surface area (Å²) in [5.74, 6) is -2.50. The van der Waals surface area contributed by atoms with E-state index in [9.17, 15) is 8.78 Å². The standard InChI is InChI=1S/C10H10BrF2N/c1-9(5-10(12,13)6-9)8-3-2-7(11)4-14-8/h2-4H,5-6H2,1H3. The van der Waals surface area contributed by atoms with E-state index in [1.54, 1.807) is 12.3 Å². The van der Waals surface area contributed by atoms with Gasteiger partial charge in [-0.15, -0.1) is 0 Å². The lowest BCUT2D eigenvalue weighted by molar-refractivity contribution is -0.122. The number of nitrogens with zero attached hydrogens (tertiary/aromatic N) is 1. The van der Waals surface area contributed by atoms with Crippen molar-refractivity contribution in [1.29, 1.82) is 0 Å². The molecular weight excluding hydrogens is 252 g/mol. The predicted molar refractivity (Wildman–Crippen MR) is 53.5 cm³/mol. The van der Waals surface area contributed by atoms with Gasteiger partial charge in [0, 0.05) is 34.6 Å². The molecule has 1 aliphatic rings. The molecule has 2 rings (SSSR count). The van der Waals surface area contributed by atoms with E-state index in [4.69, 9.17) is 0 Å². The van der Waals surface area contributed by atoms with E-state index in [1.807, 2.05) is 13.0 Å². The van der Waals surface area contributed by atoms with Crippen LogP contribution < -0.4 is 0 Å². The van der Waals surface area contributed by atoms with E-state index in [1.165, 1.54) is 0 Å². The van der Waals surface area contributed by atoms with Gasteiger partial charge in [-0.3, -0.25) is 4.98 Å². The average Bonchev–Trinajstić information content (AvgIpc) is 2.01. The highest BCUT2D eigenvalue weighted by Crippen LogP contribution is 2.52. The second-order valence-corrected chi connectivity index (χ2v) is 5.05. The maximum atomic E-state index is 12.8. The number of alkyl halides is 2. The van der Waals surface area contributed by atoms with Crippen LogP contribution >= 0.6 is 15.9 Å². The zero-order chi connectivity index (χ0) is 10.4. The molecule has 0 saturated heterocycles. The Labute approximate surface area is 89.7 Å². The van der Waals surface area contributed by atoms with Gasteiger partial charge in [0.25, 0.3) is 0 Å². The number of aromatic nitrogens is 1. The van der Waals surface area contributed by atoms with Crippen molar-refractivity contribution in [1.82, 2.24) is 4.98 Å². The van der Waals surface area contributed by atoms with Crippen molar-refractivity contribution in [3.05, 3.63) is 28.5 Å². The fraction of sp³-hybridized carbons (Fsp3) is 0.500. The van der Waals surface area contributed by atoms with Crippen molar-refractivity contribution in [2.24, 2.45) is 0 Å². The number of halogens is 3. The quantitative estimate of drug-likeness (QED) is 0.754. The molecule has 0 spiro atoms. The summed E-state index contributed by atoms with van der Waals surface area (Å²) >= 11 is 3.26. The molecule has 0 radical (unpaired) electrons. The van der Waals surface area contributed by atoms with Gasteiger partial charge in [-0.25, -0.2) is 8.78 Å². The van der Waals surface area contributed by atoms with Crippen LogP contribution in [0.15, 0.2) is 22.8 Å². The first kappa shape index (κ1) is 10.0. The molecule has 0 amide bonds. The van der Waals surface area contributed by atoms with Crippen LogP contribution in [0.25, 0.3) is 0 Å². The SMILES string of the molecule is CC1(c2ccc(Br)cn2)CC(F)(F)C1. The van der Waals surface area contributed by atoms with Crippen molar-refractivity contribution in [2.45, 2.75) is 31.1 Å². The van der Waals surface area contributed by atoms with E-state index >= 15 is 0 Å². The Hall–Kier alpha value is -0.510.